The van der Waals surface area contributed by atoms with Gasteiger partial charge >= 0.3 is 5.97 Å². The summed E-state index contributed by atoms with van der Waals surface area (Å²) < 4.78 is 14.4. The third-order valence-electron chi connectivity index (χ3n) is 16.1. The van der Waals surface area contributed by atoms with Gasteiger partial charge in [-0.05, 0) is 122 Å². The molecular weight excluding hydrogens is 731 g/mol. The zero-order valence-corrected chi connectivity index (χ0v) is 37.4. The fourth-order valence-corrected chi connectivity index (χ4v) is 12.7. The fourth-order valence-electron chi connectivity index (χ4n) is 12.7. The number of benzene rings is 1. The summed E-state index contributed by atoms with van der Waals surface area (Å²) in [6.45, 7) is 14.2. The molecule has 4 aliphatic rings. The third kappa shape index (κ3) is 10.2. The van der Waals surface area contributed by atoms with Crippen molar-refractivity contribution in [2.75, 3.05) is 12.3 Å². The predicted molar refractivity (Wildman–Crippen MR) is 240 cm³/mol. The van der Waals surface area contributed by atoms with Crippen molar-refractivity contribution >= 4 is 23.0 Å². The van der Waals surface area contributed by atoms with Crippen LogP contribution in [-0.4, -0.2) is 38.2 Å². The molecule has 2 heterocycles. The largest absolute Gasteiger partial charge is 0.494 e. The van der Waals surface area contributed by atoms with E-state index in [4.69, 9.17) is 15.2 Å². The lowest BCUT2D eigenvalue weighted by molar-refractivity contribution is -0.0594. The lowest BCUT2D eigenvalue weighted by Gasteiger charge is -2.58. The van der Waals surface area contributed by atoms with Gasteiger partial charge in [-0.25, -0.2) is 19.7 Å². The highest BCUT2D eigenvalue weighted by atomic mass is 16.5. The summed E-state index contributed by atoms with van der Waals surface area (Å²) >= 11 is 0. The van der Waals surface area contributed by atoms with Crippen molar-refractivity contribution in [3.63, 3.8) is 0 Å². The molecule has 8 atom stereocenters. The Bertz CT molecular complexity index is 1850. The number of allylic oxidation sites excluding steroid dienone is 1. The van der Waals surface area contributed by atoms with Gasteiger partial charge in [0, 0.05) is 13.0 Å². The number of aromatic nitrogens is 4. The maximum absolute atomic E-state index is 13.4. The number of hydrogen-bond donors (Lipinski definition) is 1. The van der Waals surface area contributed by atoms with E-state index >= 15 is 0 Å². The molecule has 3 aromatic rings. The second kappa shape index (κ2) is 20.0. The first-order valence-electron chi connectivity index (χ1n) is 24.1. The van der Waals surface area contributed by atoms with Gasteiger partial charge in [0.2, 0.25) is 0 Å². The summed E-state index contributed by atoms with van der Waals surface area (Å²) in [7, 11) is 0. The van der Waals surface area contributed by atoms with Crippen molar-refractivity contribution in [3.05, 3.63) is 54.1 Å². The summed E-state index contributed by atoms with van der Waals surface area (Å²) in [5, 5.41) is 0. The molecule has 59 heavy (non-hydrogen) atoms. The minimum atomic E-state index is -0.209. The lowest BCUT2D eigenvalue weighted by Crippen LogP contribution is -2.51. The maximum atomic E-state index is 13.4. The van der Waals surface area contributed by atoms with E-state index in [1.54, 1.807) is 5.57 Å². The normalized spacial score (nSPS) is 28.2. The number of unbranched alkanes of at least 4 members (excludes halogenated alkanes) is 9. The molecule has 8 nitrogen and oxygen atoms in total. The molecule has 324 valence electrons. The van der Waals surface area contributed by atoms with Crippen LogP contribution in [0.2, 0.25) is 0 Å². The number of nitrogens with zero attached hydrogens (tertiary/aromatic N) is 4. The molecular formula is C51H77N5O3. The highest BCUT2D eigenvalue weighted by molar-refractivity contribution is 5.90. The number of esters is 1. The van der Waals surface area contributed by atoms with Crippen LogP contribution in [0.25, 0.3) is 11.2 Å². The monoisotopic (exact) mass is 808 g/mol. The van der Waals surface area contributed by atoms with Crippen LogP contribution in [0.3, 0.4) is 0 Å². The zero-order valence-electron chi connectivity index (χ0n) is 37.4. The van der Waals surface area contributed by atoms with E-state index in [1.165, 1.54) is 109 Å². The molecule has 2 N–H and O–H groups in total. The van der Waals surface area contributed by atoms with Gasteiger partial charge in [-0.3, -0.25) is 0 Å². The second-order valence-corrected chi connectivity index (χ2v) is 20.3. The summed E-state index contributed by atoms with van der Waals surface area (Å²) in [5.41, 5.74) is 10.4. The average Bonchev–Trinajstić information content (AvgIpc) is 3.81. The SMILES string of the molecule is CC(C)CCC[C@@H](C)[C@H]1CC[C@H]2[C@@H]3CC=C4C[C@@H](OC(=O)c5cccc(OCCCCCCCCCCCCn6cnc7c(N)ncnc76)c5)CC[C@]4(C)[C@H]3CC[C@]12C. The van der Waals surface area contributed by atoms with Crippen LogP contribution < -0.4 is 10.5 Å². The van der Waals surface area contributed by atoms with Crippen molar-refractivity contribution in [2.45, 2.75) is 182 Å². The molecule has 3 fully saturated rings. The van der Waals surface area contributed by atoms with Gasteiger partial charge in [0.25, 0.3) is 0 Å². The number of carbonyl (C=O) groups excluding carboxylic acids is 1. The molecule has 0 saturated heterocycles. The van der Waals surface area contributed by atoms with Crippen molar-refractivity contribution in [2.24, 2.45) is 46.3 Å². The molecule has 0 bridgehead atoms. The Balaban J connectivity index is 0.770. The van der Waals surface area contributed by atoms with E-state index in [-0.39, 0.29) is 17.5 Å². The second-order valence-electron chi connectivity index (χ2n) is 20.3. The molecule has 3 saturated carbocycles. The van der Waals surface area contributed by atoms with E-state index in [2.05, 4.69) is 60.2 Å². The summed E-state index contributed by atoms with van der Waals surface area (Å²) in [6, 6.07) is 7.64. The first-order chi connectivity index (χ1) is 28.6. The van der Waals surface area contributed by atoms with Crippen LogP contribution in [0.4, 0.5) is 5.82 Å². The number of rotatable bonds is 21. The van der Waals surface area contributed by atoms with Gasteiger partial charge in [0.1, 0.15) is 23.7 Å². The van der Waals surface area contributed by atoms with Gasteiger partial charge in [-0.1, -0.05) is 123 Å². The summed E-state index contributed by atoms with van der Waals surface area (Å²) in [4.78, 5) is 26.2. The van der Waals surface area contributed by atoms with Gasteiger partial charge in [-0.15, -0.1) is 0 Å². The Morgan fingerprint density at radius 1 is 0.864 bits per heavy atom. The van der Waals surface area contributed by atoms with Crippen LogP contribution in [-0.2, 0) is 11.3 Å². The van der Waals surface area contributed by atoms with Gasteiger partial charge in [0.05, 0.1) is 18.5 Å². The van der Waals surface area contributed by atoms with Crippen molar-refractivity contribution in [1.82, 2.24) is 19.5 Å². The Hall–Kier alpha value is -3.42. The van der Waals surface area contributed by atoms with Gasteiger partial charge in [0.15, 0.2) is 11.5 Å². The highest BCUT2D eigenvalue weighted by Gasteiger charge is 2.59. The number of imidazole rings is 1. The number of nitrogen functional groups attached to an aromatic ring is 1. The quantitative estimate of drug-likeness (QED) is 0.0649. The molecule has 0 aliphatic heterocycles. The van der Waals surface area contributed by atoms with Crippen LogP contribution >= 0.6 is 0 Å². The van der Waals surface area contributed by atoms with E-state index in [0.717, 1.165) is 85.6 Å². The molecule has 0 radical (unpaired) electrons. The number of nitrogens with two attached hydrogens (primary N) is 1. The molecule has 0 unspecified atom stereocenters. The lowest BCUT2D eigenvalue weighted by atomic mass is 9.47. The van der Waals surface area contributed by atoms with Gasteiger partial charge < -0.3 is 19.8 Å². The topological polar surface area (TPSA) is 105 Å². The number of ether oxygens (including phenoxy) is 2. The van der Waals surface area contributed by atoms with Crippen molar-refractivity contribution in [1.29, 1.82) is 0 Å². The van der Waals surface area contributed by atoms with Crippen molar-refractivity contribution in [3.8, 4) is 5.75 Å². The van der Waals surface area contributed by atoms with Gasteiger partial charge in [-0.2, -0.15) is 0 Å². The van der Waals surface area contributed by atoms with Crippen molar-refractivity contribution < 1.29 is 14.3 Å². The highest BCUT2D eigenvalue weighted by Crippen LogP contribution is 2.67. The smallest absolute Gasteiger partial charge is 0.338 e. The molecule has 0 amide bonds. The Labute approximate surface area is 356 Å². The van der Waals surface area contributed by atoms with E-state index < -0.39 is 0 Å². The maximum Gasteiger partial charge on any atom is 0.338 e. The predicted octanol–water partition coefficient (Wildman–Crippen LogP) is 13.0. The molecule has 7 rings (SSSR count). The van der Waals surface area contributed by atoms with E-state index in [0.29, 0.717) is 28.9 Å². The van der Waals surface area contributed by atoms with Crippen LogP contribution in [0.15, 0.2) is 48.6 Å². The standard InChI is InChI=1S/C51H77N5O3/c1-36(2)18-16-19-37(3)43-24-25-44-42-23-22-39-33-41(26-28-50(39,4)45(42)27-29-51(43,44)5)59-49(57)38-20-17-21-40(32-38)58-31-15-13-11-9-7-6-8-10-12-14-30-56-35-55-46-47(52)53-34-54-48(46)56/h17,20-22,32,34-37,41-45H,6-16,18-19,23-31,33H2,1-5H3,(H2,52,53,54)/t37-,41+,42+,43-,44+,45+,50+,51-/m1/s1. The molecule has 1 aromatic carbocycles. The molecule has 0 spiro atoms. The number of fused-ring (bicyclic) bond motifs is 6. The van der Waals surface area contributed by atoms with E-state index in [9.17, 15) is 4.79 Å². The zero-order chi connectivity index (χ0) is 41.4. The number of aryl methyl sites for hydroxylation is 1. The van der Waals surface area contributed by atoms with Crippen LogP contribution in [0.5, 0.6) is 5.75 Å². The molecule has 4 aliphatic carbocycles. The Morgan fingerprint density at radius 3 is 2.41 bits per heavy atom. The molecule has 2 aromatic heterocycles. The van der Waals surface area contributed by atoms with Crippen LogP contribution in [0, 0.1) is 46.3 Å². The Kier molecular flexibility index (Phi) is 14.8. The van der Waals surface area contributed by atoms with Crippen LogP contribution in [0.1, 0.15) is 180 Å². The third-order valence-corrected chi connectivity index (χ3v) is 16.1. The van der Waals surface area contributed by atoms with E-state index in [1.807, 2.05) is 30.6 Å². The fraction of sp³-hybridized carbons (Fsp3) is 0.725. The minimum Gasteiger partial charge on any atom is -0.494 e. The number of hydrogen-bond acceptors (Lipinski definition) is 7. The number of carbonyl (C=O) groups is 1. The first kappa shape index (κ1) is 43.7. The minimum absolute atomic E-state index is 0.0371. The number of anilines is 1. The summed E-state index contributed by atoms with van der Waals surface area (Å²) in [5.74, 6) is 6.03. The Morgan fingerprint density at radius 2 is 1.63 bits per heavy atom. The summed E-state index contributed by atoms with van der Waals surface area (Å²) in [6.07, 6.45) is 32.2. The molecule has 8 heteroatoms. The first-order valence-corrected chi connectivity index (χ1v) is 24.1. The average molecular weight is 808 g/mol.